The smallest absolute Gasteiger partial charge is 0.311 e. The van der Waals surface area contributed by atoms with Gasteiger partial charge in [0.1, 0.15) is 30.0 Å². The Morgan fingerprint density at radius 1 is 0.812 bits per heavy atom. The van der Waals surface area contributed by atoms with Gasteiger partial charge in [0, 0.05) is 38.5 Å². The highest BCUT2D eigenvalue weighted by atomic mass is 31.2. The van der Waals surface area contributed by atoms with E-state index in [2.05, 4.69) is 74.5 Å². The van der Waals surface area contributed by atoms with Gasteiger partial charge in [-0.1, -0.05) is 109 Å². The Bertz CT molecular complexity index is 2060. The number of rotatable bonds is 26. The van der Waals surface area contributed by atoms with Gasteiger partial charge >= 0.3 is 5.97 Å². The monoisotopic (exact) mass is 1150 g/mol. The number of benzene rings is 2. The lowest BCUT2D eigenvalue weighted by molar-refractivity contribution is -0.307. The van der Waals surface area contributed by atoms with Crippen LogP contribution in [0, 0.1) is 17.8 Å². The summed E-state index contributed by atoms with van der Waals surface area (Å²) >= 11 is 0. The summed E-state index contributed by atoms with van der Waals surface area (Å²) in [4.78, 5) is 32.5. The van der Waals surface area contributed by atoms with E-state index >= 15 is 0 Å². The van der Waals surface area contributed by atoms with E-state index < -0.39 is 115 Å². The second-order valence-corrected chi connectivity index (χ2v) is 29.4. The highest BCUT2D eigenvalue weighted by molar-refractivity contribution is 7.90. The third kappa shape index (κ3) is 18.0. The summed E-state index contributed by atoms with van der Waals surface area (Å²) in [5, 5.41) is 74.8. The van der Waals surface area contributed by atoms with Crippen LogP contribution >= 0.6 is 7.26 Å². The van der Waals surface area contributed by atoms with Gasteiger partial charge < -0.3 is 64.1 Å². The molecule has 6 N–H and O–H groups in total. The van der Waals surface area contributed by atoms with Crippen LogP contribution in [0.1, 0.15) is 179 Å². The Labute approximate surface area is 483 Å². The SMILES string of the molecule is CCC[C@@H]([C@@H](O)[C@@H](O)O[C@@H]1[C@@H](C)[C@H](O[C@H]2C[C@@](C)(OC)[C@@H](O)[C@H](C)O2)[C@@H](C)C(=O)O[C@H](CC)[C@@](C)(O)[C@H](O)[C@@H](C)N(C(=O)CCCCCCCCCCC[P+](c2ccccc2)(c2ccccc2)C(C)C)C[C@H](C)C[C@@]1(C)O)N(C)C. The van der Waals surface area contributed by atoms with Crippen molar-refractivity contribution in [2.45, 2.75) is 269 Å². The van der Waals surface area contributed by atoms with E-state index in [1.165, 1.54) is 56.5 Å². The van der Waals surface area contributed by atoms with Crippen LogP contribution < -0.4 is 10.6 Å². The predicted molar refractivity (Wildman–Crippen MR) is 320 cm³/mol. The van der Waals surface area contributed by atoms with Crippen molar-refractivity contribution in [2.24, 2.45) is 17.8 Å². The van der Waals surface area contributed by atoms with E-state index in [0.717, 1.165) is 25.7 Å². The predicted octanol–water partition coefficient (Wildman–Crippen LogP) is 8.76. The molecule has 0 radical (unpaired) electrons. The summed E-state index contributed by atoms with van der Waals surface area (Å²) in [5.41, 5.74) is -4.37. The number of methoxy groups -OCH3 is 1. The molecule has 0 saturated carbocycles. The minimum atomic E-state index is -2.02. The molecular weight excluding hydrogens is 1040 g/mol. The number of hydrogen-bond donors (Lipinski definition) is 6. The van der Waals surface area contributed by atoms with Gasteiger partial charge in [0.25, 0.3) is 0 Å². The fourth-order valence-electron chi connectivity index (χ4n) is 13.2. The Kier molecular flexibility index (Phi) is 28.0. The minimum Gasteiger partial charge on any atom is -0.459 e. The van der Waals surface area contributed by atoms with Gasteiger partial charge in [0.05, 0.1) is 71.2 Å². The highest BCUT2D eigenvalue weighted by Gasteiger charge is 2.53. The lowest BCUT2D eigenvalue weighted by Gasteiger charge is -2.47. The molecule has 15 nitrogen and oxygen atoms in total. The van der Waals surface area contributed by atoms with Crippen molar-refractivity contribution >= 4 is 29.7 Å². The normalized spacial score (nSPS) is 32.7. The van der Waals surface area contributed by atoms with Gasteiger partial charge in [-0.15, -0.1) is 0 Å². The van der Waals surface area contributed by atoms with Crippen molar-refractivity contribution in [3.05, 3.63) is 60.7 Å². The van der Waals surface area contributed by atoms with Gasteiger partial charge in [0.2, 0.25) is 5.91 Å². The van der Waals surface area contributed by atoms with Gasteiger partial charge in [-0.25, -0.2) is 0 Å². The molecule has 2 aliphatic heterocycles. The third-order valence-corrected chi connectivity index (χ3v) is 23.3. The van der Waals surface area contributed by atoms with Crippen molar-refractivity contribution in [3.63, 3.8) is 0 Å². The Morgan fingerprint density at radius 3 is 1.85 bits per heavy atom. The molecule has 80 heavy (non-hydrogen) atoms. The van der Waals surface area contributed by atoms with Gasteiger partial charge in [0.15, 0.2) is 12.6 Å². The Balaban J connectivity index is 1.53. The lowest BCUT2D eigenvalue weighted by atomic mass is 9.77. The number of likely N-dealkylation sites (N-methyl/N-ethyl adjacent to an activating group) is 1. The summed E-state index contributed by atoms with van der Waals surface area (Å²) in [7, 11) is 3.53. The zero-order valence-corrected chi connectivity index (χ0v) is 52.7. The second-order valence-electron chi connectivity index (χ2n) is 25.2. The number of nitrogens with zero attached hydrogens (tertiary/aromatic N) is 2. The molecule has 2 aromatic rings. The van der Waals surface area contributed by atoms with E-state index in [-0.39, 0.29) is 38.1 Å². The van der Waals surface area contributed by atoms with Crippen LogP contribution in [0.4, 0.5) is 0 Å². The molecule has 2 aliphatic rings. The highest BCUT2D eigenvalue weighted by Crippen LogP contribution is 2.61. The van der Waals surface area contributed by atoms with E-state index in [9.17, 15) is 40.2 Å². The molecule has 0 spiro atoms. The standard InChI is InChI=1S/C64H110N2O13P/c1-16-33-51(65(13)14)55(68)61(72)79-59-45(6)56(78-54-41-63(11,75-15)58(70)48(9)76-54)46(7)60(71)77-52(17-2)64(12,74)57(69)47(8)66(42-44(5)40-62(59,10)73)53(67)38-31-23-21-19-18-20-22-24-32-39-80(43(3)4,49-34-27-25-28-35-49)50-36-29-26-30-37-50/h25-30,34-37,43-48,51-52,54-59,61,68-70,72-74H,16-24,31-33,38-42H2,1-15H3/q+1/t44-,45+,46-,47-,48+,51+,52-,54+,55-,56+,57-,58+,59-,61+,62-,63-,64-/m1/s1. The van der Waals surface area contributed by atoms with Gasteiger partial charge in [-0.05, 0) is 138 Å². The molecule has 2 saturated heterocycles. The fourth-order valence-corrected chi connectivity index (χ4v) is 17.8. The summed E-state index contributed by atoms with van der Waals surface area (Å²) in [6, 6.07) is 20.8. The van der Waals surface area contributed by atoms with E-state index in [1.54, 1.807) is 67.5 Å². The zero-order chi connectivity index (χ0) is 59.8. The van der Waals surface area contributed by atoms with Crippen LogP contribution in [0.2, 0.25) is 0 Å². The van der Waals surface area contributed by atoms with Crippen LogP contribution in [0.15, 0.2) is 60.7 Å². The van der Waals surface area contributed by atoms with Gasteiger partial charge in [-0.3, -0.25) is 9.59 Å². The maximum absolute atomic E-state index is 14.6. The molecule has 458 valence electrons. The average molecular weight is 1150 g/mol. The molecule has 2 heterocycles. The van der Waals surface area contributed by atoms with Crippen LogP contribution in [0.3, 0.4) is 0 Å². The van der Waals surface area contributed by atoms with E-state index in [0.29, 0.717) is 24.9 Å². The summed E-state index contributed by atoms with van der Waals surface area (Å²) in [6.45, 7) is 21.9. The Morgan fingerprint density at radius 2 is 1.35 bits per heavy atom. The van der Waals surface area contributed by atoms with E-state index in [4.69, 9.17) is 23.7 Å². The average Bonchev–Trinajstić information content (AvgIpc) is 3.58. The molecule has 0 unspecified atom stereocenters. The molecule has 0 aromatic heterocycles. The first-order chi connectivity index (χ1) is 37.6. The number of ether oxygens (including phenoxy) is 5. The number of aliphatic hydroxyl groups is 6. The molecular formula is C64H110N2O13P+. The first-order valence-corrected chi connectivity index (χ1v) is 32.5. The number of carbonyl (C=O) groups is 2. The lowest BCUT2D eigenvalue weighted by Crippen LogP contribution is -2.60. The van der Waals surface area contributed by atoms with E-state index in [1.807, 2.05) is 18.7 Å². The van der Waals surface area contributed by atoms with Crippen LogP contribution in [0.5, 0.6) is 0 Å². The van der Waals surface area contributed by atoms with Gasteiger partial charge in [-0.2, -0.15) is 0 Å². The van der Waals surface area contributed by atoms with Crippen molar-refractivity contribution in [2.75, 3.05) is 33.9 Å². The number of unbranched alkanes of at least 4 members (excludes halogenated alkanes) is 8. The third-order valence-electron chi connectivity index (χ3n) is 18.1. The largest absolute Gasteiger partial charge is 0.459 e. The molecule has 1 amide bonds. The number of esters is 1. The van der Waals surface area contributed by atoms with Crippen molar-refractivity contribution in [1.29, 1.82) is 0 Å². The second kappa shape index (κ2) is 32.0. The first-order valence-electron chi connectivity index (χ1n) is 30.5. The van der Waals surface area contributed by atoms with Crippen molar-refractivity contribution in [3.8, 4) is 0 Å². The Hall–Kier alpha value is -2.63. The zero-order valence-electron chi connectivity index (χ0n) is 51.8. The topological polar surface area (TPSA) is 208 Å². The maximum atomic E-state index is 14.6. The van der Waals surface area contributed by atoms with Crippen molar-refractivity contribution < 1.29 is 63.9 Å². The molecule has 0 aliphatic carbocycles. The van der Waals surface area contributed by atoms with Crippen molar-refractivity contribution in [1.82, 2.24) is 9.80 Å². The maximum Gasteiger partial charge on any atom is 0.311 e. The number of hydrogen-bond acceptors (Lipinski definition) is 14. The molecule has 2 aromatic carbocycles. The molecule has 16 heteroatoms. The first kappa shape index (κ1) is 69.9. The molecule has 2 fully saturated rings. The van der Waals surface area contributed by atoms with Crippen LogP contribution in [-0.2, 0) is 33.3 Å². The summed E-state index contributed by atoms with van der Waals surface area (Å²) in [5.74, 6) is -3.51. The molecule has 0 bridgehead atoms. The van der Waals surface area contributed by atoms with Crippen LogP contribution in [-0.4, -0.2) is 176 Å². The minimum absolute atomic E-state index is 0.00805. The number of amides is 1. The fraction of sp³-hybridized carbons (Fsp3) is 0.781. The molecule has 17 atom stereocenters. The quantitative estimate of drug-likeness (QED) is 0.0225. The number of aliphatic hydroxyl groups excluding tert-OH is 4. The summed E-state index contributed by atoms with van der Waals surface area (Å²) < 4.78 is 31.4. The molecule has 4 rings (SSSR count). The summed E-state index contributed by atoms with van der Waals surface area (Å²) in [6.07, 6.45) is 1.09. The number of carbonyl (C=O) groups excluding carboxylic acids is 2. The number of cyclic esters (lactones) is 1. The van der Waals surface area contributed by atoms with Crippen LogP contribution in [0.25, 0.3) is 0 Å².